The second-order valence-electron chi connectivity index (χ2n) is 6.50. The number of nitrogens with zero attached hydrogens (tertiary/aromatic N) is 2. The van der Waals surface area contributed by atoms with E-state index in [1.165, 1.54) is 12.1 Å². The van der Waals surface area contributed by atoms with Crippen LogP contribution < -0.4 is 0 Å². The molecule has 4 aromatic rings. The highest BCUT2D eigenvalue weighted by atomic mass is 19.1. The van der Waals surface area contributed by atoms with E-state index < -0.39 is 5.97 Å². The summed E-state index contributed by atoms with van der Waals surface area (Å²) in [5, 5.41) is 14.6. The molecule has 1 aromatic heterocycles. The Morgan fingerprint density at radius 1 is 0.893 bits per heavy atom. The van der Waals surface area contributed by atoms with Gasteiger partial charge in [-0.25, -0.2) is 13.9 Å². The second kappa shape index (κ2) is 7.12. The standard InChI is InChI=1S/C23H17FN2O2/c1-15-7-13-19(14-8-15)26-22(17-5-3-2-4-6-17)20(23(27)28)21(25-26)16-9-11-18(24)12-10-16/h2-14H,1H3,(H,27,28). The van der Waals surface area contributed by atoms with Crippen molar-refractivity contribution < 1.29 is 14.3 Å². The molecule has 0 fully saturated rings. The van der Waals surface area contributed by atoms with E-state index in [1.54, 1.807) is 16.8 Å². The number of benzene rings is 3. The number of aryl methyl sites for hydroxylation is 1. The average molecular weight is 372 g/mol. The summed E-state index contributed by atoms with van der Waals surface area (Å²) in [6.45, 7) is 1.98. The van der Waals surface area contributed by atoms with Gasteiger partial charge in [0, 0.05) is 11.1 Å². The summed E-state index contributed by atoms with van der Waals surface area (Å²) in [6.07, 6.45) is 0. The lowest BCUT2D eigenvalue weighted by Gasteiger charge is -2.09. The predicted octanol–water partition coefficient (Wildman–Crippen LogP) is 5.35. The van der Waals surface area contributed by atoms with E-state index in [2.05, 4.69) is 5.10 Å². The van der Waals surface area contributed by atoms with Crippen LogP contribution in [0.25, 0.3) is 28.2 Å². The summed E-state index contributed by atoms with van der Waals surface area (Å²) in [5.41, 5.74) is 3.99. The number of aromatic nitrogens is 2. The largest absolute Gasteiger partial charge is 0.478 e. The minimum absolute atomic E-state index is 0.0818. The molecular formula is C23H17FN2O2. The molecule has 0 radical (unpaired) electrons. The minimum Gasteiger partial charge on any atom is -0.478 e. The van der Waals surface area contributed by atoms with Crippen molar-refractivity contribution in [2.24, 2.45) is 0 Å². The zero-order valence-electron chi connectivity index (χ0n) is 15.1. The van der Waals surface area contributed by atoms with Gasteiger partial charge < -0.3 is 5.11 Å². The zero-order valence-corrected chi connectivity index (χ0v) is 15.1. The Labute approximate surface area is 161 Å². The van der Waals surface area contributed by atoms with Crippen LogP contribution in [0.4, 0.5) is 4.39 Å². The van der Waals surface area contributed by atoms with E-state index in [0.29, 0.717) is 17.0 Å². The van der Waals surface area contributed by atoms with Crippen LogP contribution in [0.1, 0.15) is 15.9 Å². The highest BCUT2D eigenvalue weighted by molar-refractivity contribution is 6.01. The maximum atomic E-state index is 13.4. The van der Waals surface area contributed by atoms with Crippen molar-refractivity contribution in [3.63, 3.8) is 0 Å². The summed E-state index contributed by atoms with van der Waals surface area (Å²) in [6, 6.07) is 22.6. The Bertz CT molecular complexity index is 1130. The third-order valence-electron chi connectivity index (χ3n) is 4.54. The first-order valence-corrected chi connectivity index (χ1v) is 8.79. The van der Waals surface area contributed by atoms with Crippen LogP contribution in [0.2, 0.25) is 0 Å². The molecule has 0 aliphatic heterocycles. The molecule has 0 saturated heterocycles. The lowest BCUT2D eigenvalue weighted by atomic mass is 10.0. The van der Waals surface area contributed by atoms with Gasteiger partial charge in [-0.05, 0) is 43.3 Å². The monoisotopic (exact) mass is 372 g/mol. The van der Waals surface area contributed by atoms with Crippen LogP contribution in [0.3, 0.4) is 0 Å². The minimum atomic E-state index is -1.09. The molecule has 0 amide bonds. The Balaban J connectivity index is 2.04. The van der Waals surface area contributed by atoms with Crippen molar-refractivity contribution >= 4 is 5.97 Å². The van der Waals surface area contributed by atoms with Crippen LogP contribution in [-0.4, -0.2) is 20.9 Å². The van der Waals surface area contributed by atoms with Crippen LogP contribution in [0, 0.1) is 12.7 Å². The van der Waals surface area contributed by atoms with Gasteiger partial charge in [0.15, 0.2) is 0 Å². The molecule has 138 valence electrons. The van der Waals surface area contributed by atoms with Gasteiger partial charge in [0.2, 0.25) is 0 Å². The highest BCUT2D eigenvalue weighted by Gasteiger charge is 2.26. The van der Waals surface area contributed by atoms with Crippen molar-refractivity contribution in [3.05, 3.63) is 95.8 Å². The van der Waals surface area contributed by atoms with E-state index in [9.17, 15) is 14.3 Å². The molecule has 0 aliphatic rings. The molecule has 0 aliphatic carbocycles. The van der Waals surface area contributed by atoms with E-state index in [0.717, 1.165) is 16.8 Å². The van der Waals surface area contributed by atoms with Crippen LogP contribution in [0.15, 0.2) is 78.9 Å². The van der Waals surface area contributed by atoms with Gasteiger partial charge in [-0.15, -0.1) is 0 Å². The van der Waals surface area contributed by atoms with Gasteiger partial charge in [0.25, 0.3) is 0 Å². The molecule has 28 heavy (non-hydrogen) atoms. The quantitative estimate of drug-likeness (QED) is 0.525. The molecular weight excluding hydrogens is 355 g/mol. The normalized spacial score (nSPS) is 10.8. The number of aromatic carboxylic acids is 1. The third-order valence-corrected chi connectivity index (χ3v) is 4.54. The first-order valence-electron chi connectivity index (χ1n) is 8.79. The summed E-state index contributed by atoms with van der Waals surface area (Å²) in [7, 11) is 0. The fraction of sp³-hybridized carbons (Fsp3) is 0.0435. The number of carboxylic acids is 1. The Hall–Kier alpha value is -3.73. The average Bonchev–Trinajstić information content (AvgIpc) is 3.11. The molecule has 4 rings (SSSR count). The van der Waals surface area contributed by atoms with Gasteiger partial charge in [0.05, 0.1) is 11.4 Å². The molecule has 3 aromatic carbocycles. The summed E-state index contributed by atoms with van der Waals surface area (Å²) < 4.78 is 15.0. The SMILES string of the molecule is Cc1ccc(-n2nc(-c3ccc(F)cc3)c(C(=O)O)c2-c2ccccc2)cc1. The molecule has 1 N–H and O–H groups in total. The topological polar surface area (TPSA) is 55.1 Å². The molecule has 0 unspecified atom stereocenters. The maximum absolute atomic E-state index is 13.4. The Kier molecular flexibility index (Phi) is 4.49. The Morgan fingerprint density at radius 3 is 2.14 bits per heavy atom. The number of hydrogen-bond donors (Lipinski definition) is 1. The summed E-state index contributed by atoms with van der Waals surface area (Å²) in [4.78, 5) is 12.2. The number of halogens is 1. The molecule has 0 atom stereocenters. The first kappa shape index (κ1) is 17.7. The predicted molar refractivity (Wildman–Crippen MR) is 106 cm³/mol. The fourth-order valence-corrected chi connectivity index (χ4v) is 3.17. The molecule has 0 spiro atoms. The van der Waals surface area contributed by atoms with Crippen LogP contribution in [-0.2, 0) is 0 Å². The Morgan fingerprint density at radius 2 is 1.54 bits per heavy atom. The van der Waals surface area contributed by atoms with E-state index in [4.69, 9.17) is 0 Å². The lowest BCUT2D eigenvalue weighted by Crippen LogP contribution is -2.03. The van der Waals surface area contributed by atoms with Gasteiger partial charge in [-0.1, -0.05) is 48.0 Å². The van der Waals surface area contributed by atoms with E-state index in [1.807, 2.05) is 61.5 Å². The van der Waals surface area contributed by atoms with E-state index in [-0.39, 0.29) is 11.4 Å². The van der Waals surface area contributed by atoms with Crippen LogP contribution in [0.5, 0.6) is 0 Å². The molecule has 0 bridgehead atoms. The van der Waals surface area contributed by atoms with Crippen molar-refractivity contribution in [2.45, 2.75) is 6.92 Å². The van der Waals surface area contributed by atoms with E-state index >= 15 is 0 Å². The van der Waals surface area contributed by atoms with Gasteiger partial charge in [0.1, 0.15) is 17.1 Å². The van der Waals surface area contributed by atoms with Crippen molar-refractivity contribution in [1.29, 1.82) is 0 Å². The van der Waals surface area contributed by atoms with Crippen molar-refractivity contribution in [1.82, 2.24) is 9.78 Å². The first-order chi connectivity index (χ1) is 13.5. The number of rotatable bonds is 4. The van der Waals surface area contributed by atoms with Gasteiger partial charge in [-0.3, -0.25) is 0 Å². The highest BCUT2D eigenvalue weighted by Crippen LogP contribution is 2.34. The van der Waals surface area contributed by atoms with Crippen molar-refractivity contribution in [3.8, 4) is 28.2 Å². The fourth-order valence-electron chi connectivity index (χ4n) is 3.17. The summed E-state index contributed by atoms with van der Waals surface area (Å²) >= 11 is 0. The lowest BCUT2D eigenvalue weighted by molar-refractivity contribution is 0.0698. The molecule has 1 heterocycles. The third kappa shape index (κ3) is 3.18. The number of carbonyl (C=O) groups is 1. The van der Waals surface area contributed by atoms with Gasteiger partial charge in [-0.2, -0.15) is 5.10 Å². The second-order valence-corrected chi connectivity index (χ2v) is 6.50. The smallest absolute Gasteiger partial charge is 0.340 e. The summed E-state index contributed by atoms with van der Waals surface area (Å²) in [5.74, 6) is -1.47. The van der Waals surface area contributed by atoms with Crippen LogP contribution >= 0.6 is 0 Å². The zero-order chi connectivity index (χ0) is 19.7. The maximum Gasteiger partial charge on any atom is 0.340 e. The van der Waals surface area contributed by atoms with Gasteiger partial charge >= 0.3 is 5.97 Å². The molecule has 5 heteroatoms. The molecule has 0 saturated carbocycles. The number of carboxylic acid groups (broad SMARTS) is 1. The number of hydrogen-bond acceptors (Lipinski definition) is 2. The van der Waals surface area contributed by atoms with Crippen molar-refractivity contribution in [2.75, 3.05) is 0 Å². The molecule has 4 nitrogen and oxygen atoms in total.